The molecular formula is C14H17N2O3S-. The fraction of sp³-hybridized carbons (Fsp3) is 0.357. The van der Waals surface area contributed by atoms with Gasteiger partial charge in [0.1, 0.15) is 0 Å². The largest absolute Gasteiger partial charge is 0.545 e. The summed E-state index contributed by atoms with van der Waals surface area (Å²) in [5.74, 6) is -1.19. The molecule has 1 aromatic rings. The molecule has 6 heteroatoms. The van der Waals surface area contributed by atoms with Gasteiger partial charge in [0.15, 0.2) is 5.11 Å². The van der Waals surface area contributed by atoms with Crippen LogP contribution in [-0.2, 0) is 4.79 Å². The molecule has 1 aromatic carbocycles. The maximum atomic E-state index is 11.6. The molecule has 108 valence electrons. The number of hydrogen-bond donors (Lipinski definition) is 2. The number of benzene rings is 1. The van der Waals surface area contributed by atoms with Crippen molar-refractivity contribution in [1.29, 1.82) is 0 Å². The average molecular weight is 293 g/mol. The number of rotatable bonds is 4. The van der Waals surface area contributed by atoms with Gasteiger partial charge in [0, 0.05) is 17.7 Å². The van der Waals surface area contributed by atoms with E-state index in [2.05, 4.69) is 10.6 Å². The van der Waals surface area contributed by atoms with Gasteiger partial charge in [0.25, 0.3) is 0 Å². The molecule has 5 nitrogen and oxygen atoms in total. The van der Waals surface area contributed by atoms with Gasteiger partial charge in [0.05, 0.1) is 5.97 Å². The second-order valence-corrected chi connectivity index (χ2v) is 5.27. The molecule has 0 unspecified atom stereocenters. The SMILES string of the molecule is Cc1c(NC(=S)NC(=O)CC(C)C)cccc1C(=O)[O-]. The third-order valence-electron chi connectivity index (χ3n) is 2.65. The van der Waals surface area contributed by atoms with Crippen LogP contribution in [0.1, 0.15) is 36.2 Å². The molecule has 20 heavy (non-hydrogen) atoms. The van der Waals surface area contributed by atoms with Gasteiger partial charge in [0.2, 0.25) is 5.91 Å². The molecule has 0 aliphatic rings. The highest BCUT2D eigenvalue weighted by Crippen LogP contribution is 2.18. The van der Waals surface area contributed by atoms with E-state index < -0.39 is 5.97 Å². The number of anilines is 1. The molecule has 0 bridgehead atoms. The number of hydrogen-bond acceptors (Lipinski definition) is 4. The van der Waals surface area contributed by atoms with Crippen molar-refractivity contribution in [2.75, 3.05) is 5.32 Å². The number of carbonyl (C=O) groups excluding carboxylic acids is 2. The third kappa shape index (κ3) is 4.62. The van der Waals surface area contributed by atoms with E-state index in [0.717, 1.165) is 0 Å². The maximum Gasteiger partial charge on any atom is 0.226 e. The average Bonchev–Trinajstić information content (AvgIpc) is 2.29. The summed E-state index contributed by atoms with van der Waals surface area (Å²) in [5.41, 5.74) is 1.13. The molecule has 0 heterocycles. The van der Waals surface area contributed by atoms with E-state index in [9.17, 15) is 14.7 Å². The van der Waals surface area contributed by atoms with Crippen molar-refractivity contribution in [3.8, 4) is 0 Å². The molecule has 0 aliphatic heterocycles. The minimum absolute atomic E-state index is 0.0892. The van der Waals surface area contributed by atoms with E-state index in [1.807, 2.05) is 13.8 Å². The van der Waals surface area contributed by atoms with Crippen molar-refractivity contribution in [1.82, 2.24) is 5.32 Å². The van der Waals surface area contributed by atoms with Gasteiger partial charge >= 0.3 is 0 Å². The second-order valence-electron chi connectivity index (χ2n) is 4.87. The lowest BCUT2D eigenvalue weighted by atomic mass is 10.1. The van der Waals surface area contributed by atoms with Crippen LogP contribution in [0.2, 0.25) is 0 Å². The number of aromatic carboxylic acids is 1. The first-order valence-electron chi connectivity index (χ1n) is 6.23. The Morgan fingerprint density at radius 2 is 2.00 bits per heavy atom. The van der Waals surface area contributed by atoms with Gasteiger partial charge < -0.3 is 20.5 Å². The van der Waals surface area contributed by atoms with Crippen LogP contribution in [-0.4, -0.2) is 17.0 Å². The summed E-state index contributed by atoms with van der Waals surface area (Å²) in [6.07, 6.45) is 0.375. The van der Waals surface area contributed by atoms with Crippen molar-refractivity contribution in [2.24, 2.45) is 5.92 Å². The molecule has 0 aliphatic carbocycles. The van der Waals surface area contributed by atoms with Gasteiger partial charge in [-0.1, -0.05) is 26.0 Å². The Morgan fingerprint density at radius 1 is 1.35 bits per heavy atom. The first-order chi connectivity index (χ1) is 9.31. The topological polar surface area (TPSA) is 81.3 Å². The summed E-state index contributed by atoms with van der Waals surface area (Å²) in [6, 6.07) is 4.72. The van der Waals surface area contributed by atoms with E-state index in [-0.39, 0.29) is 22.5 Å². The lowest BCUT2D eigenvalue weighted by Gasteiger charge is -2.15. The van der Waals surface area contributed by atoms with Crippen LogP contribution in [0, 0.1) is 12.8 Å². The zero-order valence-electron chi connectivity index (χ0n) is 11.6. The maximum absolute atomic E-state index is 11.6. The summed E-state index contributed by atoms with van der Waals surface area (Å²) in [6.45, 7) is 5.51. The zero-order valence-corrected chi connectivity index (χ0v) is 12.5. The van der Waals surface area contributed by atoms with Crippen LogP contribution in [0.3, 0.4) is 0 Å². The van der Waals surface area contributed by atoms with Crippen molar-refractivity contribution < 1.29 is 14.7 Å². The molecule has 2 N–H and O–H groups in total. The van der Waals surface area contributed by atoms with E-state index in [1.54, 1.807) is 19.1 Å². The van der Waals surface area contributed by atoms with Crippen molar-refractivity contribution in [3.05, 3.63) is 29.3 Å². The standard InChI is InChI=1S/C14H18N2O3S/c1-8(2)7-12(17)16-14(20)15-11-6-4-5-10(9(11)3)13(18)19/h4-6,8H,7H2,1-3H3,(H,18,19)(H2,15,16,17,20)/p-1. The monoisotopic (exact) mass is 293 g/mol. The lowest BCUT2D eigenvalue weighted by molar-refractivity contribution is -0.255. The molecule has 0 saturated carbocycles. The van der Waals surface area contributed by atoms with E-state index >= 15 is 0 Å². The first-order valence-corrected chi connectivity index (χ1v) is 6.64. The molecule has 0 spiro atoms. The molecular weight excluding hydrogens is 276 g/mol. The van der Waals surface area contributed by atoms with Crippen LogP contribution in [0.15, 0.2) is 18.2 Å². The summed E-state index contributed by atoms with van der Waals surface area (Å²) >= 11 is 5.03. The van der Waals surface area contributed by atoms with Gasteiger partial charge in [-0.05, 0) is 36.7 Å². The molecule has 1 rings (SSSR count). The molecule has 0 fully saturated rings. The predicted octanol–water partition coefficient (Wildman–Crippen LogP) is 1.22. The van der Waals surface area contributed by atoms with Gasteiger partial charge in [-0.25, -0.2) is 0 Å². The lowest BCUT2D eigenvalue weighted by Crippen LogP contribution is -2.35. The molecule has 0 saturated heterocycles. The number of carboxylic acids is 1. The van der Waals surface area contributed by atoms with Crippen LogP contribution in [0.4, 0.5) is 5.69 Å². The number of carboxylic acid groups (broad SMARTS) is 1. The van der Waals surface area contributed by atoms with E-state index in [4.69, 9.17) is 12.2 Å². The highest BCUT2D eigenvalue weighted by molar-refractivity contribution is 7.80. The smallest absolute Gasteiger partial charge is 0.226 e. The number of amides is 1. The Labute approximate surface area is 123 Å². The number of nitrogens with one attached hydrogen (secondary N) is 2. The molecule has 0 radical (unpaired) electrons. The van der Waals surface area contributed by atoms with Crippen LogP contribution in [0.25, 0.3) is 0 Å². The fourth-order valence-corrected chi connectivity index (χ4v) is 1.92. The summed E-state index contributed by atoms with van der Waals surface area (Å²) in [4.78, 5) is 22.5. The Balaban J connectivity index is 2.74. The highest BCUT2D eigenvalue weighted by Gasteiger charge is 2.09. The number of carbonyl (C=O) groups is 2. The van der Waals surface area contributed by atoms with E-state index in [1.165, 1.54) is 6.07 Å². The fourth-order valence-electron chi connectivity index (χ4n) is 1.69. The Morgan fingerprint density at radius 3 is 2.55 bits per heavy atom. The summed E-state index contributed by atoms with van der Waals surface area (Å²) in [7, 11) is 0. The summed E-state index contributed by atoms with van der Waals surface area (Å²) < 4.78 is 0. The Bertz CT molecular complexity index is 541. The molecule has 0 atom stereocenters. The van der Waals surface area contributed by atoms with Gasteiger partial charge in [-0.2, -0.15) is 0 Å². The molecule has 0 aromatic heterocycles. The molecule has 1 amide bonds. The van der Waals surface area contributed by atoms with E-state index in [0.29, 0.717) is 17.7 Å². The van der Waals surface area contributed by atoms with Crippen molar-refractivity contribution >= 4 is 34.9 Å². The highest BCUT2D eigenvalue weighted by atomic mass is 32.1. The van der Waals surface area contributed by atoms with Crippen molar-refractivity contribution in [2.45, 2.75) is 27.2 Å². The normalized spacial score (nSPS) is 10.2. The summed E-state index contributed by atoms with van der Waals surface area (Å²) in [5, 5.41) is 16.4. The quantitative estimate of drug-likeness (QED) is 0.816. The van der Waals surface area contributed by atoms with Crippen molar-refractivity contribution in [3.63, 3.8) is 0 Å². The van der Waals surface area contributed by atoms with Gasteiger partial charge in [-0.3, -0.25) is 4.79 Å². The Hall–Kier alpha value is -1.95. The van der Waals surface area contributed by atoms with Crippen LogP contribution < -0.4 is 15.7 Å². The predicted molar refractivity (Wildman–Crippen MR) is 79.3 cm³/mol. The third-order valence-corrected chi connectivity index (χ3v) is 2.85. The van der Waals surface area contributed by atoms with Gasteiger partial charge in [-0.15, -0.1) is 0 Å². The number of thiocarbonyl (C=S) groups is 1. The minimum Gasteiger partial charge on any atom is -0.545 e. The minimum atomic E-state index is -1.25. The first kappa shape index (κ1) is 16.1. The second kappa shape index (κ2) is 7.00. The van der Waals surface area contributed by atoms with Crippen LogP contribution in [0.5, 0.6) is 0 Å². The van der Waals surface area contributed by atoms with Crippen LogP contribution >= 0.6 is 12.2 Å². The Kier molecular flexibility index (Phi) is 5.64. The zero-order chi connectivity index (χ0) is 15.3.